The average Bonchev–Trinajstić information content (AvgIpc) is 3.40. The number of rotatable bonds is 7. The lowest BCUT2D eigenvalue weighted by atomic mass is 10.0. The predicted molar refractivity (Wildman–Crippen MR) is 157 cm³/mol. The highest BCUT2D eigenvalue weighted by molar-refractivity contribution is 5.98. The molecule has 1 aromatic carbocycles. The number of carbonyl (C=O) groups is 2. The topological polar surface area (TPSA) is 128 Å². The van der Waals surface area contributed by atoms with Crippen molar-refractivity contribution in [2.75, 3.05) is 44.6 Å². The standard InChI is InChI=1S/C30H31FN8O3/c1-3-5-15-42-30(41)39-13-11-38(12-14-39)19-22-9-8-20(18-34-22)21-16-23(26-24(31)7-6-10-33-26)27-25(17-21)35-28(36-27)37-29(40)32-4-2/h6-10,16-18H,4,11-15,19H2,1-2H3,(H3,32,35,36,37,40). The molecule has 0 aliphatic carbocycles. The van der Waals surface area contributed by atoms with E-state index >= 15 is 0 Å². The molecule has 12 heteroatoms. The van der Waals surface area contributed by atoms with Crippen molar-refractivity contribution in [3.63, 3.8) is 0 Å². The van der Waals surface area contributed by atoms with E-state index in [-0.39, 0.29) is 24.3 Å². The van der Waals surface area contributed by atoms with Crippen LogP contribution in [0.1, 0.15) is 19.5 Å². The van der Waals surface area contributed by atoms with Crippen LogP contribution in [0.15, 0.2) is 48.8 Å². The molecule has 0 spiro atoms. The van der Waals surface area contributed by atoms with Crippen LogP contribution in [-0.2, 0) is 11.3 Å². The number of urea groups is 1. The Bertz CT molecular complexity index is 1640. The Labute approximate surface area is 242 Å². The number of imidazole rings is 1. The number of hydrogen-bond donors (Lipinski definition) is 3. The van der Waals surface area contributed by atoms with Crippen molar-refractivity contribution in [3.05, 3.63) is 60.3 Å². The second-order valence-corrected chi connectivity index (χ2v) is 9.61. The average molecular weight is 571 g/mol. The Kier molecular flexibility index (Phi) is 8.89. The molecule has 3 N–H and O–H groups in total. The van der Waals surface area contributed by atoms with E-state index in [0.717, 1.165) is 16.8 Å². The summed E-state index contributed by atoms with van der Waals surface area (Å²) in [5.74, 6) is 5.20. The molecule has 4 heterocycles. The highest BCUT2D eigenvalue weighted by Crippen LogP contribution is 2.34. The van der Waals surface area contributed by atoms with Crippen molar-refractivity contribution < 1.29 is 18.7 Å². The summed E-state index contributed by atoms with van der Waals surface area (Å²) in [6.45, 7) is 7.29. The van der Waals surface area contributed by atoms with Gasteiger partial charge in [0.25, 0.3) is 0 Å². The minimum absolute atomic E-state index is 0.103. The molecule has 1 aliphatic rings. The quantitative estimate of drug-likeness (QED) is 0.284. The zero-order valence-corrected chi connectivity index (χ0v) is 23.4. The molecule has 3 amide bonds. The van der Waals surface area contributed by atoms with Gasteiger partial charge in [-0.3, -0.25) is 20.2 Å². The van der Waals surface area contributed by atoms with E-state index < -0.39 is 11.8 Å². The van der Waals surface area contributed by atoms with Crippen LogP contribution in [0, 0.1) is 17.7 Å². The molecule has 0 unspecified atom stereocenters. The molecule has 0 atom stereocenters. The Hall–Kier alpha value is -5.02. The molecule has 1 aliphatic heterocycles. The van der Waals surface area contributed by atoms with E-state index in [1.807, 2.05) is 31.2 Å². The third-order valence-corrected chi connectivity index (χ3v) is 6.79. The van der Waals surface area contributed by atoms with Crippen molar-refractivity contribution in [3.8, 4) is 34.2 Å². The second-order valence-electron chi connectivity index (χ2n) is 9.61. The smallest absolute Gasteiger partial charge is 0.410 e. The van der Waals surface area contributed by atoms with E-state index in [9.17, 15) is 14.0 Å². The molecule has 3 aromatic heterocycles. The molecule has 1 saturated heterocycles. The SMILES string of the molecule is CC#CCOC(=O)N1CCN(Cc2ccc(-c3cc(-c4ncccc4F)c4nc(NC(=O)NCC)[nH]c4c3)cn2)CC1. The minimum Gasteiger partial charge on any atom is -0.436 e. The summed E-state index contributed by atoms with van der Waals surface area (Å²) in [6.07, 6.45) is 2.96. The molecule has 0 bridgehead atoms. The number of piperazine rings is 1. The van der Waals surface area contributed by atoms with Crippen molar-refractivity contribution >= 4 is 29.1 Å². The van der Waals surface area contributed by atoms with Crippen LogP contribution in [-0.4, -0.2) is 81.2 Å². The maximum absolute atomic E-state index is 14.8. The number of fused-ring (bicyclic) bond motifs is 1. The van der Waals surface area contributed by atoms with Crippen molar-refractivity contribution in [2.24, 2.45) is 0 Å². The summed E-state index contributed by atoms with van der Waals surface area (Å²) >= 11 is 0. The van der Waals surface area contributed by atoms with Gasteiger partial charge in [0, 0.05) is 62.8 Å². The summed E-state index contributed by atoms with van der Waals surface area (Å²) in [5, 5.41) is 5.33. The fraction of sp³-hybridized carbons (Fsp3) is 0.300. The first kappa shape index (κ1) is 28.5. The highest BCUT2D eigenvalue weighted by atomic mass is 19.1. The molecule has 0 radical (unpaired) electrons. The molecule has 4 aromatic rings. The van der Waals surface area contributed by atoms with Crippen LogP contribution in [0.5, 0.6) is 0 Å². The van der Waals surface area contributed by atoms with Crippen molar-refractivity contribution in [1.29, 1.82) is 0 Å². The van der Waals surface area contributed by atoms with Gasteiger partial charge in [0.1, 0.15) is 17.0 Å². The van der Waals surface area contributed by atoms with Gasteiger partial charge >= 0.3 is 12.1 Å². The normalized spacial score (nSPS) is 13.4. The number of aromatic amines is 1. The number of benzene rings is 1. The van der Waals surface area contributed by atoms with Crippen LogP contribution in [0.4, 0.5) is 19.9 Å². The van der Waals surface area contributed by atoms with Crippen LogP contribution in [0.25, 0.3) is 33.4 Å². The molecule has 5 rings (SSSR count). The number of pyridine rings is 2. The fourth-order valence-corrected chi connectivity index (χ4v) is 4.69. The van der Waals surface area contributed by atoms with Gasteiger partial charge in [0.2, 0.25) is 5.95 Å². The van der Waals surface area contributed by atoms with Crippen LogP contribution >= 0.6 is 0 Å². The monoisotopic (exact) mass is 570 g/mol. The van der Waals surface area contributed by atoms with E-state index in [1.165, 1.54) is 18.3 Å². The third kappa shape index (κ3) is 6.64. The molecule has 0 saturated carbocycles. The van der Waals surface area contributed by atoms with E-state index in [4.69, 9.17) is 4.74 Å². The largest absolute Gasteiger partial charge is 0.436 e. The van der Waals surface area contributed by atoms with Gasteiger partial charge in [0.15, 0.2) is 6.61 Å². The van der Waals surface area contributed by atoms with Crippen molar-refractivity contribution in [1.82, 2.24) is 35.1 Å². The van der Waals surface area contributed by atoms with E-state index in [0.29, 0.717) is 55.9 Å². The Balaban J connectivity index is 1.33. The first-order valence-corrected chi connectivity index (χ1v) is 13.6. The number of amides is 3. The number of ether oxygens (including phenoxy) is 1. The first-order valence-electron chi connectivity index (χ1n) is 13.6. The predicted octanol–water partition coefficient (Wildman–Crippen LogP) is 4.24. The van der Waals surface area contributed by atoms with Gasteiger partial charge in [-0.05, 0) is 49.7 Å². The van der Waals surface area contributed by atoms with Crippen LogP contribution in [0.3, 0.4) is 0 Å². The van der Waals surface area contributed by atoms with Gasteiger partial charge in [-0.15, -0.1) is 5.92 Å². The summed E-state index contributed by atoms with van der Waals surface area (Å²) in [4.78, 5) is 44.7. The zero-order valence-electron chi connectivity index (χ0n) is 23.4. The zero-order chi connectivity index (χ0) is 29.5. The number of H-pyrrole nitrogens is 1. The number of nitrogens with zero attached hydrogens (tertiary/aromatic N) is 5. The lowest BCUT2D eigenvalue weighted by molar-refractivity contribution is 0.0820. The Morgan fingerprint density at radius 2 is 1.95 bits per heavy atom. The minimum atomic E-state index is -0.478. The number of carbonyl (C=O) groups excluding carboxylic acids is 2. The summed E-state index contributed by atoms with van der Waals surface area (Å²) in [7, 11) is 0. The number of anilines is 1. The van der Waals surface area contributed by atoms with Gasteiger partial charge in [-0.2, -0.15) is 0 Å². The maximum Gasteiger partial charge on any atom is 0.410 e. The van der Waals surface area contributed by atoms with Crippen LogP contribution < -0.4 is 10.6 Å². The third-order valence-electron chi connectivity index (χ3n) is 6.79. The molecule has 216 valence electrons. The molecular weight excluding hydrogens is 539 g/mol. The summed E-state index contributed by atoms with van der Waals surface area (Å²) in [5.41, 5.74) is 4.24. The number of aromatic nitrogens is 4. The van der Waals surface area contributed by atoms with Crippen molar-refractivity contribution in [2.45, 2.75) is 20.4 Å². The van der Waals surface area contributed by atoms with Gasteiger partial charge < -0.3 is 19.9 Å². The Morgan fingerprint density at radius 3 is 2.67 bits per heavy atom. The van der Waals surface area contributed by atoms with Gasteiger partial charge in [0.05, 0.1) is 11.2 Å². The molecular formula is C30H31FN8O3. The van der Waals surface area contributed by atoms with Gasteiger partial charge in [-0.25, -0.2) is 19.0 Å². The lowest BCUT2D eigenvalue weighted by Gasteiger charge is -2.33. The van der Waals surface area contributed by atoms with Gasteiger partial charge in [-0.1, -0.05) is 12.0 Å². The van der Waals surface area contributed by atoms with Crippen LogP contribution in [0.2, 0.25) is 0 Å². The lowest BCUT2D eigenvalue weighted by Crippen LogP contribution is -2.48. The molecule has 42 heavy (non-hydrogen) atoms. The second kappa shape index (κ2) is 13.1. The molecule has 11 nitrogen and oxygen atoms in total. The highest BCUT2D eigenvalue weighted by Gasteiger charge is 2.22. The maximum atomic E-state index is 14.8. The summed E-state index contributed by atoms with van der Waals surface area (Å²) in [6, 6.07) is 10.1. The number of halogens is 1. The van der Waals surface area contributed by atoms with E-state index in [2.05, 4.69) is 47.3 Å². The molecule has 1 fully saturated rings. The fourth-order valence-electron chi connectivity index (χ4n) is 4.69. The van der Waals surface area contributed by atoms with E-state index in [1.54, 1.807) is 18.0 Å². The number of hydrogen-bond acceptors (Lipinski definition) is 7. The summed E-state index contributed by atoms with van der Waals surface area (Å²) < 4.78 is 20.0. The first-order chi connectivity index (χ1) is 20.4. The number of nitrogens with one attached hydrogen (secondary N) is 3. The Morgan fingerprint density at radius 1 is 1.12 bits per heavy atom.